The molecule has 0 spiro atoms. The highest BCUT2D eigenvalue weighted by molar-refractivity contribution is 8.08. The first-order valence-corrected chi connectivity index (χ1v) is 7.87. The summed E-state index contributed by atoms with van der Waals surface area (Å²) in [6, 6.07) is 0. The lowest BCUT2D eigenvalue weighted by molar-refractivity contribution is -0.117. The first kappa shape index (κ1) is 13.9. The number of hydrogen-bond acceptors (Lipinski definition) is 4. The van der Waals surface area contributed by atoms with Crippen LogP contribution in [0.15, 0.2) is 21.3 Å². The van der Waals surface area contributed by atoms with Crippen LogP contribution < -0.4 is 0 Å². The number of Topliss-reactive ketones (excluding diaryl/α,β-unsaturated/α-hetero) is 2. The van der Waals surface area contributed by atoms with E-state index in [9.17, 15) is 9.59 Å². The minimum atomic E-state index is -0.0528. The summed E-state index contributed by atoms with van der Waals surface area (Å²) >= 11 is 1.35. The fraction of sp³-hybridized carbons (Fsp3) is 0.625. The number of carbonyl (C=O) groups is 2. The topological polar surface area (TPSA) is 43.4 Å². The van der Waals surface area contributed by atoms with E-state index in [1.807, 2.05) is 0 Å². The van der Waals surface area contributed by atoms with Gasteiger partial charge in [-0.1, -0.05) is 39.5 Å². The third-order valence-electron chi connectivity index (χ3n) is 4.02. The second-order valence-electron chi connectivity index (χ2n) is 7.59. The highest BCUT2D eigenvalue weighted by Crippen LogP contribution is 2.52. The SMILES string of the molecule is CC1(C)CC(=O)C2=C(C1)OC1=C(S2)C(=O)CC(C)(C)C1. The Labute approximate surface area is 123 Å². The van der Waals surface area contributed by atoms with Gasteiger partial charge in [0.25, 0.3) is 0 Å². The molecule has 0 radical (unpaired) electrons. The Hall–Kier alpha value is -1.03. The summed E-state index contributed by atoms with van der Waals surface area (Å²) < 4.78 is 6.00. The summed E-state index contributed by atoms with van der Waals surface area (Å²) in [6.45, 7) is 8.34. The molecule has 3 nitrogen and oxygen atoms in total. The van der Waals surface area contributed by atoms with Crippen molar-refractivity contribution in [2.24, 2.45) is 10.8 Å². The zero-order chi connectivity index (χ0) is 14.7. The zero-order valence-electron chi connectivity index (χ0n) is 12.5. The fourth-order valence-corrected chi connectivity index (χ4v) is 4.17. The van der Waals surface area contributed by atoms with Crippen molar-refractivity contribution in [2.45, 2.75) is 53.4 Å². The van der Waals surface area contributed by atoms with Gasteiger partial charge in [-0.15, -0.1) is 0 Å². The van der Waals surface area contributed by atoms with Crippen molar-refractivity contribution in [2.75, 3.05) is 0 Å². The Kier molecular flexibility index (Phi) is 2.95. The molecule has 4 heteroatoms. The van der Waals surface area contributed by atoms with Crippen LogP contribution in [0.5, 0.6) is 0 Å². The summed E-state index contributed by atoms with van der Waals surface area (Å²) in [7, 11) is 0. The third kappa shape index (κ3) is 2.34. The second kappa shape index (κ2) is 4.23. The number of ether oxygens (including phenoxy) is 1. The van der Waals surface area contributed by atoms with Crippen molar-refractivity contribution in [3.8, 4) is 0 Å². The van der Waals surface area contributed by atoms with Gasteiger partial charge >= 0.3 is 0 Å². The zero-order valence-corrected chi connectivity index (χ0v) is 13.3. The Morgan fingerprint density at radius 3 is 1.60 bits per heavy atom. The van der Waals surface area contributed by atoms with Crippen LogP contribution in [-0.2, 0) is 14.3 Å². The molecule has 0 amide bonds. The van der Waals surface area contributed by atoms with Gasteiger partial charge in [0.15, 0.2) is 11.6 Å². The average molecular weight is 292 g/mol. The van der Waals surface area contributed by atoms with Crippen molar-refractivity contribution in [1.29, 1.82) is 0 Å². The lowest BCUT2D eigenvalue weighted by Gasteiger charge is -2.38. The minimum absolute atomic E-state index is 0.0528. The van der Waals surface area contributed by atoms with Gasteiger partial charge in [-0.25, -0.2) is 0 Å². The molecule has 1 heterocycles. The molecule has 108 valence electrons. The Morgan fingerprint density at radius 2 is 1.20 bits per heavy atom. The van der Waals surface area contributed by atoms with Crippen molar-refractivity contribution >= 4 is 23.3 Å². The molecule has 0 unspecified atom stereocenters. The molecule has 0 N–H and O–H groups in total. The number of allylic oxidation sites excluding steroid dienone is 4. The van der Waals surface area contributed by atoms with Gasteiger partial charge in [-0.3, -0.25) is 9.59 Å². The van der Waals surface area contributed by atoms with Crippen LogP contribution in [0.3, 0.4) is 0 Å². The molecule has 0 aromatic rings. The van der Waals surface area contributed by atoms with Crippen LogP contribution in [0.25, 0.3) is 0 Å². The van der Waals surface area contributed by atoms with Crippen LogP contribution in [0.4, 0.5) is 0 Å². The number of thioether (sulfide) groups is 1. The maximum absolute atomic E-state index is 12.3. The van der Waals surface area contributed by atoms with Gasteiger partial charge < -0.3 is 4.74 Å². The van der Waals surface area contributed by atoms with Crippen molar-refractivity contribution in [3.63, 3.8) is 0 Å². The quantitative estimate of drug-likeness (QED) is 0.678. The van der Waals surface area contributed by atoms with Gasteiger partial charge in [-0.2, -0.15) is 0 Å². The molecule has 0 bridgehead atoms. The van der Waals surface area contributed by atoms with E-state index in [0.717, 1.165) is 24.4 Å². The number of rotatable bonds is 0. The van der Waals surface area contributed by atoms with E-state index >= 15 is 0 Å². The maximum atomic E-state index is 12.3. The van der Waals surface area contributed by atoms with Gasteiger partial charge in [0.05, 0.1) is 9.81 Å². The summed E-state index contributed by atoms with van der Waals surface area (Å²) in [6.07, 6.45) is 2.61. The van der Waals surface area contributed by atoms with E-state index < -0.39 is 0 Å². The second-order valence-corrected chi connectivity index (χ2v) is 8.61. The summed E-state index contributed by atoms with van der Waals surface area (Å²) in [4.78, 5) is 25.8. The van der Waals surface area contributed by atoms with Crippen molar-refractivity contribution < 1.29 is 14.3 Å². The summed E-state index contributed by atoms with van der Waals surface area (Å²) in [5, 5.41) is 0. The van der Waals surface area contributed by atoms with Crippen molar-refractivity contribution in [1.82, 2.24) is 0 Å². The Morgan fingerprint density at radius 1 is 0.800 bits per heavy atom. The first-order chi connectivity index (χ1) is 9.17. The molecule has 0 aromatic carbocycles. The molecule has 20 heavy (non-hydrogen) atoms. The lowest BCUT2D eigenvalue weighted by atomic mass is 9.78. The Bertz CT molecular complexity index is 529. The van der Waals surface area contributed by atoms with Crippen molar-refractivity contribution in [3.05, 3.63) is 21.3 Å². The standard InChI is InChI=1S/C16H20O3S/c1-15(2)5-9(17)13-11(7-15)19-12-8-16(3,4)6-10(18)14(12)20-13/h5-8H2,1-4H3. The van der Waals surface area contributed by atoms with E-state index in [1.165, 1.54) is 11.8 Å². The predicted molar refractivity (Wildman–Crippen MR) is 78.8 cm³/mol. The maximum Gasteiger partial charge on any atom is 0.173 e. The Balaban J connectivity index is 1.95. The van der Waals surface area contributed by atoms with Crippen LogP contribution in [-0.4, -0.2) is 11.6 Å². The molecule has 2 aliphatic carbocycles. The van der Waals surface area contributed by atoms with Gasteiger partial charge in [0.1, 0.15) is 11.5 Å². The molecule has 0 saturated heterocycles. The molecule has 0 saturated carbocycles. The third-order valence-corrected chi connectivity index (χ3v) is 5.34. The number of ketones is 2. The molecular weight excluding hydrogens is 272 g/mol. The van der Waals surface area contributed by atoms with Gasteiger partial charge in [0, 0.05) is 25.7 Å². The van der Waals surface area contributed by atoms with E-state index in [2.05, 4.69) is 27.7 Å². The number of carbonyl (C=O) groups excluding carboxylic acids is 2. The first-order valence-electron chi connectivity index (χ1n) is 7.05. The number of hydrogen-bond donors (Lipinski definition) is 0. The van der Waals surface area contributed by atoms with Gasteiger partial charge in [-0.05, 0) is 10.8 Å². The lowest BCUT2D eigenvalue weighted by Crippen LogP contribution is -2.32. The summed E-state index contributed by atoms with van der Waals surface area (Å²) in [5.74, 6) is 1.79. The largest absolute Gasteiger partial charge is 0.463 e. The monoisotopic (exact) mass is 292 g/mol. The van der Waals surface area contributed by atoms with E-state index in [0.29, 0.717) is 22.7 Å². The highest BCUT2D eigenvalue weighted by Gasteiger charge is 2.43. The van der Waals surface area contributed by atoms with E-state index in [1.54, 1.807) is 0 Å². The molecular formula is C16H20O3S. The van der Waals surface area contributed by atoms with Crippen LogP contribution in [0.1, 0.15) is 53.4 Å². The molecule has 0 atom stereocenters. The molecule has 3 rings (SSSR count). The van der Waals surface area contributed by atoms with Crippen LogP contribution >= 0.6 is 11.8 Å². The van der Waals surface area contributed by atoms with E-state index in [4.69, 9.17) is 4.74 Å². The smallest absolute Gasteiger partial charge is 0.173 e. The minimum Gasteiger partial charge on any atom is -0.463 e. The van der Waals surface area contributed by atoms with Gasteiger partial charge in [0.2, 0.25) is 0 Å². The van der Waals surface area contributed by atoms with Crippen LogP contribution in [0.2, 0.25) is 0 Å². The van der Waals surface area contributed by atoms with E-state index in [-0.39, 0.29) is 22.4 Å². The normalized spacial score (nSPS) is 28.0. The van der Waals surface area contributed by atoms with Crippen LogP contribution in [0, 0.1) is 10.8 Å². The average Bonchev–Trinajstić information content (AvgIpc) is 2.23. The molecule has 0 aromatic heterocycles. The molecule has 3 aliphatic rings. The molecule has 1 aliphatic heterocycles. The highest BCUT2D eigenvalue weighted by atomic mass is 32.2. The predicted octanol–water partition coefficient (Wildman–Crippen LogP) is 3.95. The molecule has 0 fully saturated rings. The fourth-order valence-electron chi connectivity index (χ4n) is 3.14. The summed E-state index contributed by atoms with van der Waals surface area (Å²) in [5.41, 5.74) is -0.106.